The zero-order chi connectivity index (χ0) is 35.5. The molecule has 1 amide bonds. The van der Waals surface area contributed by atoms with Crippen LogP contribution in [0.15, 0.2) is 70.6 Å². The van der Waals surface area contributed by atoms with Gasteiger partial charge in [-0.1, -0.05) is 74.5 Å². The monoisotopic (exact) mass is 662 g/mol. The molecule has 4 atom stereocenters. The molecule has 0 saturated carbocycles. The molecule has 48 heavy (non-hydrogen) atoms. The number of nitrogens with zero attached hydrogens (tertiary/aromatic N) is 2. The van der Waals surface area contributed by atoms with Gasteiger partial charge in [-0.15, -0.1) is 0 Å². The summed E-state index contributed by atoms with van der Waals surface area (Å²) < 4.78 is 0. The number of benzene rings is 2. The molecule has 0 saturated heterocycles. The van der Waals surface area contributed by atoms with Crippen molar-refractivity contribution < 1.29 is 19.2 Å². The molecule has 0 aliphatic rings. The van der Waals surface area contributed by atoms with Crippen LogP contribution in [-0.4, -0.2) is 67.4 Å². The quantitative estimate of drug-likeness (QED) is 0.0581. The average molecular weight is 663 g/mol. The maximum atomic E-state index is 14.1. The molecule has 2 aromatic rings. The van der Waals surface area contributed by atoms with Crippen LogP contribution in [0, 0.1) is 17.8 Å². The highest BCUT2D eigenvalue weighted by molar-refractivity contribution is 5.95. The van der Waals surface area contributed by atoms with Crippen LogP contribution in [0.1, 0.15) is 63.5 Å². The van der Waals surface area contributed by atoms with Gasteiger partial charge in [0.1, 0.15) is 5.78 Å². The van der Waals surface area contributed by atoms with Crippen LogP contribution in [0.5, 0.6) is 0 Å². The number of carbonyl (C=O) groups excluding carboxylic acids is 4. The van der Waals surface area contributed by atoms with Gasteiger partial charge < -0.3 is 33.6 Å². The molecule has 12 heteroatoms. The van der Waals surface area contributed by atoms with Gasteiger partial charge >= 0.3 is 0 Å². The molecule has 0 fully saturated rings. The Morgan fingerprint density at radius 3 is 1.65 bits per heavy atom. The van der Waals surface area contributed by atoms with Gasteiger partial charge in [0, 0.05) is 43.7 Å². The first kappa shape index (κ1) is 39.6. The van der Waals surface area contributed by atoms with Crippen molar-refractivity contribution in [1.82, 2.24) is 10.6 Å². The number of guanidine groups is 2. The minimum absolute atomic E-state index is 0.00706. The van der Waals surface area contributed by atoms with Gasteiger partial charge in [-0.25, -0.2) is 0 Å². The van der Waals surface area contributed by atoms with Gasteiger partial charge in [-0.05, 0) is 56.7 Å². The zero-order valence-electron chi connectivity index (χ0n) is 28.6. The second-order valence-corrected chi connectivity index (χ2v) is 12.5. The maximum Gasteiger partial charge on any atom is 0.224 e. The van der Waals surface area contributed by atoms with Crippen molar-refractivity contribution in [1.29, 1.82) is 0 Å². The Balaban J connectivity index is 2.32. The summed E-state index contributed by atoms with van der Waals surface area (Å²) in [5.74, 6) is -2.36. The van der Waals surface area contributed by atoms with Crippen molar-refractivity contribution in [3.05, 3.63) is 71.8 Å². The number of nitrogens with two attached hydrogens (primary N) is 4. The third kappa shape index (κ3) is 14.9. The van der Waals surface area contributed by atoms with E-state index in [-0.39, 0.29) is 54.4 Å². The Morgan fingerprint density at radius 1 is 0.667 bits per heavy atom. The summed E-state index contributed by atoms with van der Waals surface area (Å²) in [7, 11) is 1.70. The zero-order valence-corrected chi connectivity index (χ0v) is 28.6. The molecule has 12 nitrogen and oxygen atoms in total. The summed E-state index contributed by atoms with van der Waals surface area (Å²) in [4.78, 5) is 62.7. The van der Waals surface area contributed by atoms with E-state index >= 15 is 0 Å². The van der Waals surface area contributed by atoms with E-state index < -0.39 is 29.8 Å². The number of likely N-dealkylation sites (N-methyl/N-ethyl adjacent to an activating group) is 1. The summed E-state index contributed by atoms with van der Waals surface area (Å²) in [6, 6.07) is 17.5. The molecular formula is C36H54N8O4. The van der Waals surface area contributed by atoms with E-state index in [1.807, 2.05) is 74.5 Å². The lowest BCUT2D eigenvalue weighted by Gasteiger charge is -2.25. The second kappa shape index (κ2) is 21.3. The summed E-state index contributed by atoms with van der Waals surface area (Å²) >= 11 is 0. The topological polar surface area (TPSA) is 221 Å². The van der Waals surface area contributed by atoms with E-state index in [4.69, 9.17) is 22.9 Å². The van der Waals surface area contributed by atoms with Crippen LogP contribution in [-0.2, 0) is 32.0 Å². The van der Waals surface area contributed by atoms with Crippen LogP contribution >= 0.6 is 0 Å². The van der Waals surface area contributed by atoms with Gasteiger partial charge in [0.2, 0.25) is 5.91 Å². The Morgan fingerprint density at radius 2 is 1.15 bits per heavy atom. The average Bonchev–Trinajstić information content (AvgIpc) is 3.05. The Kier molecular flexibility index (Phi) is 17.6. The number of rotatable bonds is 23. The van der Waals surface area contributed by atoms with E-state index in [1.54, 1.807) is 7.05 Å². The van der Waals surface area contributed by atoms with Crippen molar-refractivity contribution in [2.75, 3.05) is 20.1 Å². The molecule has 2 rings (SSSR count). The van der Waals surface area contributed by atoms with Crippen LogP contribution in [0.25, 0.3) is 0 Å². The van der Waals surface area contributed by atoms with Crippen molar-refractivity contribution >= 4 is 35.2 Å². The Hall–Kier alpha value is -4.58. The van der Waals surface area contributed by atoms with E-state index in [1.165, 1.54) is 0 Å². The molecule has 0 aromatic heterocycles. The Labute approximate surface area is 284 Å². The molecule has 4 unspecified atom stereocenters. The smallest absolute Gasteiger partial charge is 0.224 e. The van der Waals surface area contributed by atoms with Crippen molar-refractivity contribution in [3.63, 3.8) is 0 Å². The van der Waals surface area contributed by atoms with E-state index in [9.17, 15) is 19.2 Å². The van der Waals surface area contributed by atoms with E-state index in [0.29, 0.717) is 45.2 Å². The normalized spacial score (nSPS) is 13.5. The minimum atomic E-state index is -0.895. The largest absolute Gasteiger partial charge is 0.370 e. The fourth-order valence-electron chi connectivity index (χ4n) is 5.64. The number of amides is 1. The molecule has 0 bridgehead atoms. The van der Waals surface area contributed by atoms with Gasteiger partial charge in [0.15, 0.2) is 23.5 Å². The number of hydrogen-bond acceptors (Lipinski definition) is 7. The highest BCUT2D eigenvalue weighted by atomic mass is 16.2. The number of nitrogens with one attached hydrogen (secondary N) is 2. The summed E-state index contributed by atoms with van der Waals surface area (Å²) in [5.41, 5.74) is 23.5. The fraction of sp³-hybridized carbons (Fsp3) is 0.500. The Bertz CT molecular complexity index is 1360. The predicted octanol–water partition coefficient (Wildman–Crippen LogP) is 2.03. The minimum Gasteiger partial charge on any atom is -0.370 e. The second-order valence-electron chi connectivity index (χ2n) is 12.5. The van der Waals surface area contributed by atoms with Crippen molar-refractivity contribution in [3.8, 4) is 0 Å². The fourth-order valence-corrected chi connectivity index (χ4v) is 5.64. The highest BCUT2D eigenvalue weighted by Crippen LogP contribution is 2.21. The number of ketones is 3. The molecule has 10 N–H and O–H groups in total. The van der Waals surface area contributed by atoms with Crippen LogP contribution in [0.2, 0.25) is 0 Å². The molecule has 0 radical (unpaired) electrons. The SMILES string of the molecule is CNC(CCCN=C(N)N)C(=O)CC(Cc1ccccc1)C(=O)NC(Cc1ccccc1)C(=O)CC(CCCN=C(N)N)C(=O)C(C)C. The van der Waals surface area contributed by atoms with Crippen LogP contribution in [0.4, 0.5) is 0 Å². The van der Waals surface area contributed by atoms with Gasteiger partial charge in [0.25, 0.3) is 0 Å². The van der Waals surface area contributed by atoms with Crippen molar-refractivity contribution in [2.45, 2.75) is 77.3 Å². The molecule has 0 aliphatic heterocycles. The number of aliphatic imine (C=N–C) groups is 2. The number of carbonyl (C=O) groups is 4. The molecule has 0 spiro atoms. The lowest BCUT2D eigenvalue weighted by molar-refractivity contribution is -0.134. The van der Waals surface area contributed by atoms with E-state index in [2.05, 4.69) is 20.6 Å². The lowest BCUT2D eigenvalue weighted by atomic mass is 9.84. The third-order valence-corrected chi connectivity index (χ3v) is 8.24. The predicted molar refractivity (Wildman–Crippen MR) is 191 cm³/mol. The first-order valence-electron chi connectivity index (χ1n) is 16.7. The molecule has 0 aliphatic carbocycles. The van der Waals surface area contributed by atoms with Gasteiger partial charge in [0.05, 0.1) is 12.1 Å². The molecule has 0 heterocycles. The standard InChI is InChI=1S/C36H54N8O4/c1-24(2)33(47)27(16-10-18-42-35(37)38)22-32(46)30(21-26-14-8-5-9-15-26)44-34(48)28(20-25-12-6-4-7-13-25)23-31(45)29(41-3)17-11-19-43-36(39)40/h4-9,12-15,24,27-30,41H,10-11,16-23H2,1-3H3,(H,44,48)(H4,37,38,42)(H4,39,40,43). The van der Waals surface area contributed by atoms with Crippen LogP contribution < -0.4 is 33.6 Å². The number of Topliss-reactive ketones (excluding diaryl/α,β-unsaturated/α-hetero) is 3. The summed E-state index contributed by atoms with van der Waals surface area (Å²) in [5, 5.41) is 6.05. The first-order valence-corrected chi connectivity index (χ1v) is 16.7. The molecule has 2 aromatic carbocycles. The third-order valence-electron chi connectivity index (χ3n) is 8.24. The summed E-state index contributed by atoms with van der Waals surface area (Å²) in [6.45, 7) is 4.35. The maximum absolute atomic E-state index is 14.1. The first-order chi connectivity index (χ1) is 22.9. The van der Waals surface area contributed by atoms with Gasteiger partial charge in [-0.3, -0.25) is 29.2 Å². The van der Waals surface area contributed by atoms with E-state index in [0.717, 1.165) is 11.1 Å². The number of hydrogen-bond donors (Lipinski definition) is 6. The summed E-state index contributed by atoms with van der Waals surface area (Å²) in [6.07, 6.45) is 2.55. The lowest BCUT2D eigenvalue weighted by Crippen LogP contribution is -2.47. The highest BCUT2D eigenvalue weighted by Gasteiger charge is 2.32. The van der Waals surface area contributed by atoms with Crippen molar-refractivity contribution in [2.24, 2.45) is 50.7 Å². The molecular weight excluding hydrogens is 608 g/mol. The van der Waals surface area contributed by atoms with Gasteiger partial charge in [-0.2, -0.15) is 0 Å². The van der Waals surface area contributed by atoms with Crippen LogP contribution in [0.3, 0.4) is 0 Å². The molecule has 262 valence electrons.